The largest absolute Gasteiger partial charge is 0.497 e. The summed E-state index contributed by atoms with van der Waals surface area (Å²) >= 11 is 6.07. The van der Waals surface area contributed by atoms with E-state index in [4.69, 9.17) is 21.1 Å². The number of nitrogens with zero attached hydrogens (tertiary/aromatic N) is 3. The third-order valence-corrected chi connectivity index (χ3v) is 5.13. The van der Waals surface area contributed by atoms with Crippen LogP contribution < -0.4 is 10.1 Å². The summed E-state index contributed by atoms with van der Waals surface area (Å²) in [5.41, 5.74) is 1.79. The predicted molar refractivity (Wildman–Crippen MR) is 113 cm³/mol. The second kappa shape index (κ2) is 8.13. The van der Waals surface area contributed by atoms with Crippen LogP contribution in [0.2, 0.25) is 5.02 Å². The van der Waals surface area contributed by atoms with Gasteiger partial charge >= 0.3 is 5.97 Å². The lowest BCUT2D eigenvalue weighted by Crippen LogP contribution is -2.43. The van der Waals surface area contributed by atoms with Crippen molar-refractivity contribution < 1.29 is 14.3 Å². The van der Waals surface area contributed by atoms with Crippen molar-refractivity contribution in [2.75, 3.05) is 25.5 Å². The number of carbonyl (C=O) groups is 1. The molecular formula is C21H21ClN4O3. The highest BCUT2D eigenvalue weighted by Gasteiger charge is 2.41. The van der Waals surface area contributed by atoms with E-state index in [2.05, 4.69) is 20.2 Å². The summed E-state index contributed by atoms with van der Waals surface area (Å²) in [6.45, 7) is 2.96. The molecule has 8 heteroatoms. The number of ether oxygens (including phenoxy) is 2. The highest BCUT2D eigenvalue weighted by Crippen LogP contribution is 2.32. The maximum absolute atomic E-state index is 12.5. The Morgan fingerprint density at radius 2 is 1.93 bits per heavy atom. The van der Waals surface area contributed by atoms with Gasteiger partial charge in [0.05, 0.1) is 19.7 Å². The third-order valence-electron chi connectivity index (χ3n) is 4.88. The molecule has 0 fully saturated rings. The summed E-state index contributed by atoms with van der Waals surface area (Å²) in [7, 11) is 1.63. The van der Waals surface area contributed by atoms with Crippen LogP contribution in [0.1, 0.15) is 18.5 Å². The van der Waals surface area contributed by atoms with Crippen molar-refractivity contribution in [3.63, 3.8) is 0 Å². The molecular weight excluding hydrogens is 392 g/mol. The number of aliphatic imine (C=N–C) groups is 2. The van der Waals surface area contributed by atoms with Crippen molar-refractivity contribution in [3.8, 4) is 5.75 Å². The summed E-state index contributed by atoms with van der Waals surface area (Å²) in [4.78, 5) is 23.6. The number of anilines is 1. The van der Waals surface area contributed by atoms with E-state index < -0.39 is 6.04 Å². The lowest BCUT2D eigenvalue weighted by atomic mass is 9.98. The van der Waals surface area contributed by atoms with Crippen LogP contribution in [0.25, 0.3) is 0 Å². The monoisotopic (exact) mass is 412 g/mol. The van der Waals surface area contributed by atoms with E-state index in [0.29, 0.717) is 30.0 Å². The van der Waals surface area contributed by atoms with E-state index in [1.807, 2.05) is 48.5 Å². The van der Waals surface area contributed by atoms with E-state index in [1.165, 1.54) is 0 Å². The minimum Gasteiger partial charge on any atom is -0.497 e. The SMILES string of the molecule is COc1ccc(NC2=NCCN2[C@@H](c2ccc(Cl)cc2)[C@H]2N=C(C)OC2=O)cc1. The Balaban J connectivity index is 1.65. The van der Waals surface area contributed by atoms with E-state index in [-0.39, 0.29) is 12.0 Å². The molecule has 1 N–H and O–H groups in total. The number of benzene rings is 2. The number of hydrogen-bond acceptors (Lipinski definition) is 7. The number of methoxy groups -OCH3 is 1. The molecule has 2 aliphatic rings. The van der Waals surface area contributed by atoms with Gasteiger partial charge < -0.3 is 19.7 Å². The van der Waals surface area contributed by atoms with Crippen LogP contribution in [0.4, 0.5) is 5.69 Å². The first-order valence-corrected chi connectivity index (χ1v) is 9.66. The number of esters is 1. The van der Waals surface area contributed by atoms with E-state index in [1.54, 1.807) is 14.0 Å². The lowest BCUT2D eigenvalue weighted by molar-refractivity contribution is -0.136. The number of halogens is 1. The molecule has 0 saturated heterocycles. The van der Waals surface area contributed by atoms with Gasteiger partial charge in [0.25, 0.3) is 0 Å². The first-order chi connectivity index (χ1) is 14.0. The summed E-state index contributed by atoms with van der Waals surface area (Å²) < 4.78 is 10.4. The first-order valence-electron chi connectivity index (χ1n) is 9.29. The van der Waals surface area contributed by atoms with Crippen molar-refractivity contribution in [1.82, 2.24) is 4.90 Å². The zero-order valence-corrected chi connectivity index (χ0v) is 16.9. The summed E-state index contributed by atoms with van der Waals surface area (Å²) in [5.74, 6) is 1.47. The second-order valence-electron chi connectivity index (χ2n) is 6.76. The Hall–Kier alpha value is -3.06. The van der Waals surface area contributed by atoms with Crippen LogP contribution in [-0.2, 0) is 9.53 Å². The normalized spacial score (nSPS) is 19.5. The second-order valence-corrected chi connectivity index (χ2v) is 7.20. The van der Waals surface area contributed by atoms with Crippen molar-refractivity contribution >= 4 is 35.1 Å². The Kier molecular flexibility index (Phi) is 5.40. The molecule has 0 bridgehead atoms. The van der Waals surface area contributed by atoms with Gasteiger partial charge in [-0.25, -0.2) is 9.79 Å². The van der Waals surface area contributed by atoms with Gasteiger partial charge in [0, 0.05) is 24.2 Å². The molecule has 0 spiro atoms. The molecule has 0 radical (unpaired) electrons. The molecule has 0 aromatic heterocycles. The van der Waals surface area contributed by atoms with Gasteiger partial charge in [-0.3, -0.25) is 4.99 Å². The Morgan fingerprint density at radius 3 is 2.55 bits per heavy atom. The molecule has 150 valence electrons. The molecule has 0 aliphatic carbocycles. The Labute approximate surface area is 174 Å². The van der Waals surface area contributed by atoms with Crippen molar-refractivity contribution in [2.45, 2.75) is 19.0 Å². The molecule has 0 saturated carbocycles. The molecule has 0 amide bonds. The highest BCUT2D eigenvalue weighted by molar-refractivity contribution is 6.30. The van der Waals surface area contributed by atoms with Crippen LogP contribution in [0, 0.1) is 0 Å². The van der Waals surface area contributed by atoms with Gasteiger partial charge in [0.2, 0.25) is 0 Å². The minimum absolute atomic E-state index is 0.357. The summed E-state index contributed by atoms with van der Waals surface area (Å²) in [6, 6.07) is 14.0. The topological polar surface area (TPSA) is 75.5 Å². The van der Waals surface area contributed by atoms with Crippen LogP contribution in [0.15, 0.2) is 58.5 Å². The van der Waals surface area contributed by atoms with Gasteiger partial charge in [0.1, 0.15) is 5.75 Å². The van der Waals surface area contributed by atoms with Crippen LogP contribution in [0.5, 0.6) is 5.75 Å². The molecule has 2 heterocycles. The average molecular weight is 413 g/mol. The Morgan fingerprint density at radius 1 is 1.21 bits per heavy atom. The van der Waals surface area contributed by atoms with Gasteiger partial charge in [-0.15, -0.1) is 0 Å². The molecule has 2 aromatic carbocycles. The third kappa shape index (κ3) is 4.05. The highest BCUT2D eigenvalue weighted by atomic mass is 35.5. The van der Waals surface area contributed by atoms with Crippen molar-refractivity contribution in [3.05, 3.63) is 59.1 Å². The minimum atomic E-state index is -0.669. The van der Waals surface area contributed by atoms with Gasteiger partial charge in [-0.05, 0) is 42.0 Å². The average Bonchev–Trinajstić information content (AvgIpc) is 3.30. The fourth-order valence-electron chi connectivity index (χ4n) is 3.52. The standard InChI is InChI=1S/C21H21ClN4O3/c1-13-24-18(20(27)29-13)19(14-3-5-15(22)6-4-14)26-12-11-23-21(26)25-16-7-9-17(28-2)10-8-16/h3-10,18-19H,11-12H2,1-2H3,(H,23,25)/t18-,19+/m1/s1. The molecule has 0 unspecified atom stereocenters. The zero-order chi connectivity index (χ0) is 20.4. The quantitative estimate of drug-likeness (QED) is 0.760. The first kappa shape index (κ1) is 19.3. The van der Waals surface area contributed by atoms with Crippen LogP contribution in [0.3, 0.4) is 0 Å². The summed E-state index contributed by atoms with van der Waals surface area (Å²) in [5, 5.41) is 3.98. The Bertz CT molecular complexity index is 957. The van der Waals surface area contributed by atoms with E-state index in [0.717, 1.165) is 17.0 Å². The van der Waals surface area contributed by atoms with E-state index in [9.17, 15) is 4.79 Å². The number of rotatable bonds is 5. The molecule has 29 heavy (non-hydrogen) atoms. The van der Waals surface area contributed by atoms with Crippen molar-refractivity contribution in [1.29, 1.82) is 0 Å². The zero-order valence-electron chi connectivity index (χ0n) is 16.1. The molecule has 2 aliphatic heterocycles. The van der Waals surface area contributed by atoms with Crippen molar-refractivity contribution in [2.24, 2.45) is 9.98 Å². The van der Waals surface area contributed by atoms with Gasteiger partial charge in [-0.1, -0.05) is 23.7 Å². The molecule has 2 aromatic rings. The maximum Gasteiger partial charge on any atom is 0.339 e. The smallest absolute Gasteiger partial charge is 0.339 e. The fourth-order valence-corrected chi connectivity index (χ4v) is 3.64. The molecule has 4 rings (SSSR count). The van der Waals surface area contributed by atoms with Crippen LogP contribution in [-0.4, -0.2) is 49.0 Å². The fraction of sp³-hybridized carbons (Fsp3) is 0.286. The van der Waals surface area contributed by atoms with Gasteiger partial charge in [0.15, 0.2) is 17.9 Å². The lowest BCUT2D eigenvalue weighted by Gasteiger charge is -2.32. The number of cyclic esters (lactones) is 1. The van der Waals surface area contributed by atoms with E-state index >= 15 is 0 Å². The molecule has 7 nitrogen and oxygen atoms in total. The van der Waals surface area contributed by atoms with Crippen LogP contribution >= 0.6 is 11.6 Å². The number of guanidine groups is 1. The predicted octanol–water partition coefficient (Wildman–Crippen LogP) is 3.52. The molecule has 2 atom stereocenters. The number of hydrogen-bond donors (Lipinski definition) is 1. The summed E-state index contributed by atoms with van der Waals surface area (Å²) in [6.07, 6.45) is 0. The number of nitrogens with one attached hydrogen (secondary N) is 1. The maximum atomic E-state index is 12.5. The van der Waals surface area contributed by atoms with Gasteiger partial charge in [-0.2, -0.15) is 0 Å². The number of carbonyl (C=O) groups excluding carboxylic acids is 1.